The zero-order valence-corrected chi connectivity index (χ0v) is 13.6. The van der Waals surface area contributed by atoms with Crippen molar-refractivity contribution >= 4 is 46.1 Å². The van der Waals surface area contributed by atoms with Gasteiger partial charge in [0.05, 0.1) is 17.3 Å². The number of aromatic nitrogens is 1. The van der Waals surface area contributed by atoms with Crippen molar-refractivity contribution in [2.45, 2.75) is 4.71 Å². The molecule has 2 aromatic rings. The molecule has 1 N–H and O–H groups in total. The second kappa shape index (κ2) is 6.91. The van der Waals surface area contributed by atoms with Crippen LogP contribution in [0.25, 0.3) is 10.9 Å². The van der Waals surface area contributed by atoms with E-state index in [2.05, 4.69) is 5.32 Å². The van der Waals surface area contributed by atoms with Gasteiger partial charge in [0, 0.05) is 5.39 Å². The van der Waals surface area contributed by atoms with Crippen LogP contribution in [-0.4, -0.2) is 40.7 Å². The van der Waals surface area contributed by atoms with Gasteiger partial charge in [0.25, 0.3) is 11.7 Å². The number of amides is 1. The number of hydrogen-bond donors (Lipinski definition) is 1. The molecule has 1 amide bonds. The van der Waals surface area contributed by atoms with E-state index in [4.69, 9.17) is 4.84 Å². The molecule has 0 radical (unpaired) electrons. The molecule has 7 heteroatoms. The highest BCUT2D eigenvalue weighted by Gasteiger charge is 2.23. The van der Waals surface area contributed by atoms with Crippen molar-refractivity contribution in [1.29, 1.82) is 0 Å². The minimum absolute atomic E-state index is 0.141. The average molecular weight is 324 g/mol. The number of hydrogen-bond acceptors (Lipinski definition) is 5. The summed E-state index contributed by atoms with van der Waals surface area (Å²) in [5, 5.41) is 3.39. The lowest BCUT2D eigenvalue weighted by Gasteiger charge is -2.12. The van der Waals surface area contributed by atoms with E-state index < -0.39 is 11.7 Å². The third-order valence-electron chi connectivity index (χ3n) is 3.00. The summed E-state index contributed by atoms with van der Waals surface area (Å²) in [6.07, 6.45) is 5.30. The standard InChI is InChI=1S/C14H16N2O3S2/c1-19-16-8-10(9-6-4-5-7-11(9)16)12(17)13(18)15-14(20-2)21-3/h4-8,14H,1-3H3,(H,15,18). The number of carbonyl (C=O) groups excluding carboxylic acids is 2. The molecule has 1 aromatic carbocycles. The van der Waals surface area contributed by atoms with Crippen LogP contribution in [0.4, 0.5) is 0 Å². The molecule has 0 aliphatic carbocycles. The molecule has 0 fully saturated rings. The van der Waals surface area contributed by atoms with E-state index in [0.29, 0.717) is 10.9 Å². The van der Waals surface area contributed by atoms with Crippen molar-refractivity contribution in [3.05, 3.63) is 36.0 Å². The number of nitrogens with zero attached hydrogens (tertiary/aromatic N) is 1. The zero-order chi connectivity index (χ0) is 15.4. The van der Waals surface area contributed by atoms with Gasteiger partial charge in [0.15, 0.2) is 0 Å². The third-order valence-corrected chi connectivity index (χ3v) is 5.25. The Labute approximate surface area is 131 Å². The summed E-state index contributed by atoms with van der Waals surface area (Å²) in [7, 11) is 1.51. The SMILES string of the molecule is COn1cc(C(=O)C(=O)NC(SC)SC)c2ccccc21. The number of thioether (sulfide) groups is 2. The van der Waals surface area contributed by atoms with Crippen LogP contribution in [0, 0.1) is 0 Å². The van der Waals surface area contributed by atoms with Gasteiger partial charge in [0.2, 0.25) is 0 Å². The van der Waals surface area contributed by atoms with E-state index in [1.54, 1.807) is 12.3 Å². The van der Waals surface area contributed by atoms with Crippen LogP contribution in [0.1, 0.15) is 10.4 Å². The predicted molar refractivity (Wildman–Crippen MR) is 87.7 cm³/mol. The van der Waals surface area contributed by atoms with Gasteiger partial charge in [0.1, 0.15) is 11.8 Å². The van der Waals surface area contributed by atoms with Gasteiger partial charge in [-0.15, -0.1) is 23.5 Å². The van der Waals surface area contributed by atoms with Crippen molar-refractivity contribution < 1.29 is 14.4 Å². The Morgan fingerprint density at radius 3 is 2.52 bits per heavy atom. The smallest absolute Gasteiger partial charge is 0.293 e. The van der Waals surface area contributed by atoms with Crippen molar-refractivity contribution in [2.24, 2.45) is 0 Å². The number of nitrogens with one attached hydrogen (secondary N) is 1. The number of Topliss-reactive ketones (excluding diaryl/α,β-unsaturated/α-hetero) is 1. The van der Waals surface area contributed by atoms with E-state index in [1.807, 2.05) is 30.7 Å². The van der Waals surface area contributed by atoms with Gasteiger partial charge in [-0.25, -0.2) is 0 Å². The van der Waals surface area contributed by atoms with Crippen LogP contribution < -0.4 is 10.2 Å². The maximum atomic E-state index is 12.4. The summed E-state index contributed by atoms with van der Waals surface area (Å²) < 4.78 is 1.34. The monoisotopic (exact) mass is 324 g/mol. The second-order valence-corrected chi connectivity index (χ2v) is 6.36. The van der Waals surface area contributed by atoms with Crippen LogP contribution in [0.3, 0.4) is 0 Å². The van der Waals surface area contributed by atoms with Crippen LogP contribution >= 0.6 is 23.5 Å². The second-order valence-electron chi connectivity index (χ2n) is 4.17. The van der Waals surface area contributed by atoms with Crippen molar-refractivity contribution in [3.63, 3.8) is 0 Å². The van der Waals surface area contributed by atoms with E-state index in [1.165, 1.54) is 35.4 Å². The number of ketones is 1. The van der Waals surface area contributed by atoms with E-state index in [9.17, 15) is 9.59 Å². The maximum absolute atomic E-state index is 12.4. The van der Waals surface area contributed by atoms with E-state index >= 15 is 0 Å². The fourth-order valence-corrected chi connectivity index (χ4v) is 3.21. The third kappa shape index (κ3) is 3.19. The molecule has 0 unspecified atom stereocenters. The number of rotatable bonds is 6. The van der Waals surface area contributed by atoms with Gasteiger partial charge < -0.3 is 10.2 Å². The zero-order valence-electron chi connectivity index (χ0n) is 12.0. The first-order valence-electron chi connectivity index (χ1n) is 6.17. The highest BCUT2D eigenvalue weighted by molar-refractivity contribution is 8.16. The molecule has 0 atom stereocenters. The Bertz CT molecular complexity index is 665. The molecular weight excluding hydrogens is 308 g/mol. The first-order valence-corrected chi connectivity index (χ1v) is 8.75. The molecule has 2 rings (SSSR count). The van der Waals surface area contributed by atoms with Crippen molar-refractivity contribution in [3.8, 4) is 0 Å². The van der Waals surface area contributed by atoms with Gasteiger partial charge in [-0.1, -0.05) is 18.2 Å². The van der Waals surface area contributed by atoms with Gasteiger partial charge in [-0.2, -0.15) is 4.73 Å². The lowest BCUT2D eigenvalue weighted by atomic mass is 10.1. The van der Waals surface area contributed by atoms with Gasteiger partial charge in [-0.3, -0.25) is 9.59 Å². The summed E-state index contributed by atoms with van der Waals surface area (Å²) in [5.41, 5.74) is 1.09. The average Bonchev–Trinajstić information content (AvgIpc) is 2.90. The van der Waals surface area contributed by atoms with E-state index in [-0.39, 0.29) is 4.71 Å². The minimum Gasteiger partial charge on any atom is -0.417 e. The summed E-state index contributed by atoms with van der Waals surface area (Å²) in [5.74, 6) is -1.17. The Morgan fingerprint density at radius 1 is 1.24 bits per heavy atom. The quantitative estimate of drug-likeness (QED) is 0.500. The Balaban J connectivity index is 2.33. The predicted octanol–water partition coefficient (Wildman–Crippen LogP) is 2.01. The van der Waals surface area contributed by atoms with Crippen LogP contribution in [0.2, 0.25) is 0 Å². The fraction of sp³-hybridized carbons (Fsp3) is 0.286. The minimum atomic E-state index is -0.609. The molecular formula is C14H16N2O3S2. The lowest BCUT2D eigenvalue weighted by Crippen LogP contribution is -2.35. The molecule has 0 aliphatic heterocycles. The van der Waals surface area contributed by atoms with Crippen LogP contribution in [0.15, 0.2) is 30.5 Å². The molecule has 0 spiro atoms. The molecule has 0 bridgehead atoms. The Kier molecular flexibility index (Phi) is 5.19. The summed E-state index contributed by atoms with van der Waals surface area (Å²) in [6.45, 7) is 0. The van der Waals surface area contributed by atoms with E-state index in [0.717, 1.165) is 5.52 Å². The van der Waals surface area contributed by atoms with Crippen molar-refractivity contribution in [1.82, 2.24) is 10.0 Å². The lowest BCUT2D eigenvalue weighted by molar-refractivity contribution is -0.116. The van der Waals surface area contributed by atoms with Crippen LogP contribution in [0.5, 0.6) is 0 Å². The molecule has 112 valence electrons. The van der Waals surface area contributed by atoms with Crippen LogP contribution in [-0.2, 0) is 4.79 Å². The largest absolute Gasteiger partial charge is 0.417 e. The first kappa shape index (κ1) is 15.8. The summed E-state index contributed by atoms with van der Waals surface area (Å²) >= 11 is 2.95. The van der Waals surface area contributed by atoms with Crippen molar-refractivity contribution in [2.75, 3.05) is 19.6 Å². The van der Waals surface area contributed by atoms with Gasteiger partial charge >= 0.3 is 0 Å². The number of carbonyl (C=O) groups is 2. The summed E-state index contributed by atoms with van der Waals surface area (Å²) in [6, 6.07) is 7.30. The topological polar surface area (TPSA) is 60.3 Å². The molecule has 5 nitrogen and oxygen atoms in total. The number of fused-ring (bicyclic) bond motifs is 1. The van der Waals surface area contributed by atoms with Gasteiger partial charge in [-0.05, 0) is 18.6 Å². The molecule has 21 heavy (non-hydrogen) atoms. The highest BCUT2D eigenvalue weighted by atomic mass is 32.2. The Hall–Kier alpha value is -1.60. The molecule has 1 heterocycles. The number of para-hydroxylation sites is 1. The molecule has 0 aliphatic rings. The normalized spacial score (nSPS) is 10.9. The Morgan fingerprint density at radius 2 is 1.90 bits per heavy atom. The fourth-order valence-electron chi connectivity index (χ4n) is 1.99. The maximum Gasteiger partial charge on any atom is 0.293 e. The number of benzene rings is 1. The molecule has 0 saturated heterocycles. The molecule has 1 aromatic heterocycles. The molecule has 0 saturated carbocycles. The summed E-state index contributed by atoms with van der Waals surface area (Å²) in [4.78, 5) is 29.6. The first-order chi connectivity index (χ1) is 10.1. The highest BCUT2D eigenvalue weighted by Crippen LogP contribution is 2.21.